The number of rotatable bonds is 4. The minimum Gasteiger partial charge on any atom is -0.481 e. The lowest BCUT2D eigenvalue weighted by Gasteiger charge is -2.05. The molecule has 88 valence electrons. The summed E-state index contributed by atoms with van der Waals surface area (Å²) in [4.78, 5) is 21.4. The number of hydrogen-bond donors (Lipinski definition) is 0. The maximum Gasteiger partial charge on any atom is 0.345 e. The minimum atomic E-state index is -0.803. The van der Waals surface area contributed by atoms with Gasteiger partial charge in [0.05, 0.1) is 12.0 Å². The summed E-state index contributed by atoms with van der Waals surface area (Å²) in [7, 11) is 1.14. The topological polar surface area (TPSA) is 78.7 Å². The zero-order chi connectivity index (χ0) is 12.8. The summed E-state index contributed by atoms with van der Waals surface area (Å²) in [5.41, 5.74) is -0.517. The van der Waals surface area contributed by atoms with Crippen LogP contribution < -0.4 is 4.74 Å². The molecule has 0 saturated carbocycles. The Hall–Kier alpha value is -2.55. The highest BCUT2D eigenvalue weighted by Gasteiger charge is 2.21. The standard InChI is InChI=1S/C11H9NO5/c1-3-6-17-8-4-5-10(12(14)15)9(7-8)11(13)16-2/h1,4-5,7H,6H2,2H3. The van der Waals surface area contributed by atoms with E-state index in [9.17, 15) is 14.9 Å². The number of benzene rings is 1. The van der Waals surface area contributed by atoms with E-state index in [1.807, 2.05) is 0 Å². The van der Waals surface area contributed by atoms with Crippen LogP contribution in [0, 0.1) is 22.5 Å². The summed E-state index contributed by atoms with van der Waals surface area (Å²) in [6, 6.07) is 3.75. The Morgan fingerprint density at radius 1 is 1.59 bits per heavy atom. The molecule has 0 fully saturated rings. The van der Waals surface area contributed by atoms with Gasteiger partial charge in [-0.15, -0.1) is 6.42 Å². The number of nitrogens with zero attached hydrogens (tertiary/aromatic N) is 1. The molecule has 0 aliphatic rings. The van der Waals surface area contributed by atoms with E-state index in [2.05, 4.69) is 10.7 Å². The van der Waals surface area contributed by atoms with Crippen LogP contribution in [0.2, 0.25) is 0 Å². The molecule has 0 aliphatic heterocycles. The largest absolute Gasteiger partial charge is 0.481 e. The van der Waals surface area contributed by atoms with E-state index >= 15 is 0 Å². The Kier molecular flexibility index (Phi) is 4.06. The molecule has 17 heavy (non-hydrogen) atoms. The lowest BCUT2D eigenvalue weighted by Crippen LogP contribution is -2.06. The molecule has 0 aromatic heterocycles. The molecule has 0 saturated heterocycles. The lowest BCUT2D eigenvalue weighted by molar-refractivity contribution is -0.385. The number of carbonyl (C=O) groups excluding carboxylic acids is 1. The van der Waals surface area contributed by atoms with Crippen LogP contribution in [0.15, 0.2) is 18.2 Å². The molecule has 1 aromatic carbocycles. The van der Waals surface area contributed by atoms with Gasteiger partial charge in [-0.3, -0.25) is 10.1 Å². The highest BCUT2D eigenvalue weighted by Crippen LogP contribution is 2.24. The van der Waals surface area contributed by atoms with E-state index < -0.39 is 10.9 Å². The average molecular weight is 235 g/mol. The minimum absolute atomic E-state index is 0.0123. The van der Waals surface area contributed by atoms with Gasteiger partial charge in [0.15, 0.2) is 0 Å². The van der Waals surface area contributed by atoms with Gasteiger partial charge in [0.1, 0.15) is 17.9 Å². The highest BCUT2D eigenvalue weighted by atomic mass is 16.6. The van der Waals surface area contributed by atoms with E-state index in [1.54, 1.807) is 0 Å². The second-order valence-electron chi connectivity index (χ2n) is 2.92. The molecular weight excluding hydrogens is 226 g/mol. The third-order valence-corrected chi connectivity index (χ3v) is 1.89. The molecule has 0 spiro atoms. The summed E-state index contributed by atoms with van der Waals surface area (Å²) in [5, 5.41) is 10.7. The first-order valence-corrected chi connectivity index (χ1v) is 4.53. The van der Waals surface area contributed by atoms with Gasteiger partial charge >= 0.3 is 5.97 Å². The smallest absolute Gasteiger partial charge is 0.345 e. The predicted octanol–water partition coefficient (Wildman–Crippen LogP) is 1.39. The Labute approximate surface area is 97.3 Å². The summed E-state index contributed by atoms with van der Waals surface area (Å²) < 4.78 is 9.51. The molecule has 1 rings (SSSR count). The molecule has 0 bridgehead atoms. The van der Waals surface area contributed by atoms with E-state index in [0.717, 1.165) is 13.2 Å². The molecule has 0 N–H and O–H groups in total. The van der Waals surface area contributed by atoms with E-state index in [-0.39, 0.29) is 23.6 Å². The third kappa shape index (κ3) is 2.95. The second-order valence-corrected chi connectivity index (χ2v) is 2.92. The zero-order valence-electron chi connectivity index (χ0n) is 9.00. The lowest BCUT2D eigenvalue weighted by atomic mass is 10.1. The monoisotopic (exact) mass is 235 g/mol. The molecule has 6 heteroatoms. The first kappa shape index (κ1) is 12.5. The summed E-state index contributed by atoms with van der Waals surface area (Å²) in [5.74, 6) is 1.71. The molecule has 0 radical (unpaired) electrons. The maximum absolute atomic E-state index is 11.3. The fourth-order valence-electron chi connectivity index (χ4n) is 1.16. The number of nitro benzene ring substituents is 1. The average Bonchev–Trinajstić information content (AvgIpc) is 2.34. The van der Waals surface area contributed by atoms with Gasteiger partial charge in [0.2, 0.25) is 0 Å². The number of nitro groups is 1. The van der Waals surface area contributed by atoms with Gasteiger partial charge < -0.3 is 9.47 Å². The molecule has 0 amide bonds. The molecule has 1 aromatic rings. The van der Waals surface area contributed by atoms with Gasteiger partial charge in [0, 0.05) is 12.1 Å². The van der Waals surface area contributed by atoms with Crippen molar-refractivity contribution < 1.29 is 19.2 Å². The maximum atomic E-state index is 11.3. The Balaban J connectivity index is 3.15. The SMILES string of the molecule is C#CCOc1ccc([N+](=O)[O-])c(C(=O)OC)c1. The van der Waals surface area contributed by atoms with Crippen LogP contribution in [0.25, 0.3) is 0 Å². The fourth-order valence-corrected chi connectivity index (χ4v) is 1.16. The van der Waals surface area contributed by atoms with Crippen molar-refractivity contribution in [3.05, 3.63) is 33.9 Å². The van der Waals surface area contributed by atoms with Gasteiger partial charge in [-0.25, -0.2) is 4.79 Å². The van der Waals surface area contributed by atoms with Gasteiger partial charge in [-0.1, -0.05) is 5.92 Å². The van der Waals surface area contributed by atoms with Crippen molar-refractivity contribution in [3.63, 3.8) is 0 Å². The number of ether oxygens (including phenoxy) is 2. The summed E-state index contributed by atoms with van der Waals surface area (Å²) in [6.07, 6.45) is 5.00. The van der Waals surface area contributed by atoms with Gasteiger partial charge in [0.25, 0.3) is 5.69 Å². The van der Waals surface area contributed by atoms with Crippen molar-refractivity contribution in [2.45, 2.75) is 0 Å². The van der Waals surface area contributed by atoms with Crippen molar-refractivity contribution in [3.8, 4) is 18.1 Å². The number of carbonyl (C=O) groups is 1. The van der Waals surface area contributed by atoms with Crippen molar-refractivity contribution in [1.29, 1.82) is 0 Å². The molecular formula is C11H9NO5. The van der Waals surface area contributed by atoms with Crippen molar-refractivity contribution in [1.82, 2.24) is 0 Å². The second kappa shape index (κ2) is 5.51. The first-order valence-electron chi connectivity index (χ1n) is 4.53. The van der Waals surface area contributed by atoms with E-state index in [0.29, 0.717) is 0 Å². The van der Waals surface area contributed by atoms with Gasteiger partial charge in [-0.05, 0) is 6.07 Å². The van der Waals surface area contributed by atoms with Crippen LogP contribution in [-0.4, -0.2) is 24.6 Å². The van der Waals surface area contributed by atoms with Crippen molar-refractivity contribution >= 4 is 11.7 Å². The van der Waals surface area contributed by atoms with E-state index in [1.165, 1.54) is 12.1 Å². The van der Waals surface area contributed by atoms with Crippen LogP contribution >= 0.6 is 0 Å². The van der Waals surface area contributed by atoms with Crippen molar-refractivity contribution in [2.24, 2.45) is 0 Å². The molecule has 0 atom stereocenters. The third-order valence-electron chi connectivity index (χ3n) is 1.89. The van der Waals surface area contributed by atoms with Crippen molar-refractivity contribution in [2.75, 3.05) is 13.7 Å². The fraction of sp³-hybridized carbons (Fsp3) is 0.182. The summed E-state index contributed by atoms with van der Waals surface area (Å²) in [6.45, 7) is 0.0123. The Bertz CT molecular complexity index is 489. The number of methoxy groups -OCH3 is 1. The zero-order valence-corrected chi connectivity index (χ0v) is 9.00. The van der Waals surface area contributed by atoms with Crippen LogP contribution in [0.5, 0.6) is 5.75 Å². The number of terminal acetylenes is 1. The molecule has 0 aliphatic carbocycles. The first-order chi connectivity index (χ1) is 8.10. The van der Waals surface area contributed by atoms with Crippen LogP contribution in [-0.2, 0) is 4.74 Å². The van der Waals surface area contributed by atoms with Gasteiger partial charge in [-0.2, -0.15) is 0 Å². The quantitative estimate of drug-likeness (QED) is 0.341. The number of esters is 1. The molecule has 0 unspecified atom stereocenters. The Morgan fingerprint density at radius 2 is 2.29 bits per heavy atom. The van der Waals surface area contributed by atoms with Crippen LogP contribution in [0.1, 0.15) is 10.4 Å². The van der Waals surface area contributed by atoms with E-state index in [4.69, 9.17) is 11.2 Å². The van der Waals surface area contributed by atoms with Crippen LogP contribution in [0.4, 0.5) is 5.69 Å². The number of hydrogen-bond acceptors (Lipinski definition) is 5. The predicted molar refractivity (Wildman–Crippen MR) is 58.8 cm³/mol. The normalized spacial score (nSPS) is 9.18. The Morgan fingerprint density at radius 3 is 2.82 bits per heavy atom. The highest BCUT2D eigenvalue weighted by molar-refractivity contribution is 5.94. The molecule has 6 nitrogen and oxygen atoms in total. The molecule has 0 heterocycles. The van der Waals surface area contributed by atoms with Crippen LogP contribution in [0.3, 0.4) is 0 Å². The summed E-state index contributed by atoms with van der Waals surface area (Å²) >= 11 is 0.